The number of rotatable bonds is 4. The van der Waals surface area contributed by atoms with Crippen LogP contribution in [0.15, 0.2) is 41.0 Å². The largest absolute Gasteiger partial charge is 0.356 e. The highest BCUT2D eigenvalue weighted by Gasteiger charge is 2.08. The zero-order valence-electron chi connectivity index (χ0n) is 10.9. The maximum absolute atomic E-state index is 12.0. The van der Waals surface area contributed by atoms with Crippen molar-refractivity contribution < 1.29 is 4.79 Å². The van der Waals surface area contributed by atoms with Gasteiger partial charge in [0.1, 0.15) is 5.69 Å². The number of halogens is 1. The predicted octanol–water partition coefficient (Wildman–Crippen LogP) is 3.09. The maximum Gasteiger partial charge on any atom is 0.272 e. The number of anilines is 1. The zero-order chi connectivity index (χ0) is 13.8. The van der Waals surface area contributed by atoms with Gasteiger partial charge in [-0.05, 0) is 53.8 Å². The third kappa shape index (κ3) is 3.94. The quantitative estimate of drug-likeness (QED) is 0.909. The molecule has 0 aliphatic carbocycles. The number of hydrogen-bond donors (Lipinski definition) is 2. The van der Waals surface area contributed by atoms with E-state index in [0.29, 0.717) is 5.69 Å². The minimum absolute atomic E-state index is 0.146. The summed E-state index contributed by atoms with van der Waals surface area (Å²) >= 11 is 3.31. The molecule has 0 aliphatic heterocycles. The summed E-state index contributed by atoms with van der Waals surface area (Å²) in [6.45, 7) is 0.845. The average Bonchev–Trinajstić information content (AvgIpc) is 2.75. The Kier molecular flexibility index (Phi) is 4.39. The second-order valence-electron chi connectivity index (χ2n) is 4.62. The molecule has 1 aromatic heterocycles. The number of benzene rings is 1. The van der Waals surface area contributed by atoms with Crippen LogP contribution in [0.2, 0.25) is 0 Å². The molecule has 2 aromatic rings. The van der Waals surface area contributed by atoms with E-state index in [2.05, 4.69) is 31.1 Å². The monoisotopic (exact) mass is 321 g/mol. The van der Waals surface area contributed by atoms with E-state index in [1.54, 1.807) is 12.3 Å². The van der Waals surface area contributed by atoms with Crippen molar-refractivity contribution in [1.29, 1.82) is 0 Å². The van der Waals surface area contributed by atoms with Gasteiger partial charge in [0.05, 0.1) is 0 Å². The summed E-state index contributed by atoms with van der Waals surface area (Å²) in [5, 5.41) is 2.88. The van der Waals surface area contributed by atoms with E-state index >= 15 is 0 Å². The van der Waals surface area contributed by atoms with E-state index in [1.165, 1.54) is 0 Å². The van der Waals surface area contributed by atoms with Crippen molar-refractivity contribution in [1.82, 2.24) is 9.88 Å². The van der Waals surface area contributed by atoms with Crippen molar-refractivity contribution >= 4 is 27.5 Å². The first-order chi connectivity index (χ1) is 9.04. The molecule has 1 heterocycles. The molecular formula is C14H16BrN3O. The molecule has 4 nitrogen and oxygen atoms in total. The molecule has 0 aliphatic rings. The fourth-order valence-electron chi connectivity index (χ4n) is 1.81. The summed E-state index contributed by atoms with van der Waals surface area (Å²) in [5.74, 6) is -0.146. The number of carbonyl (C=O) groups excluding carboxylic acids is 1. The van der Waals surface area contributed by atoms with Crippen molar-refractivity contribution in [3.8, 4) is 0 Å². The van der Waals surface area contributed by atoms with Gasteiger partial charge in [-0.1, -0.05) is 12.1 Å². The molecule has 0 fully saturated rings. The van der Waals surface area contributed by atoms with E-state index in [-0.39, 0.29) is 5.91 Å². The third-order valence-electron chi connectivity index (χ3n) is 2.58. The predicted molar refractivity (Wildman–Crippen MR) is 80.3 cm³/mol. The highest BCUT2D eigenvalue weighted by atomic mass is 79.9. The molecule has 2 N–H and O–H groups in total. The normalized spacial score (nSPS) is 10.7. The standard InChI is InChI=1S/C14H16BrN3O/c1-18(2)9-10-4-3-5-12(6-10)17-14(19)13-7-11(15)8-16-13/h3-8,16H,9H2,1-2H3,(H,17,19). The van der Waals surface area contributed by atoms with Gasteiger partial charge in [0.25, 0.3) is 5.91 Å². The topological polar surface area (TPSA) is 48.1 Å². The Morgan fingerprint density at radius 2 is 2.16 bits per heavy atom. The van der Waals surface area contributed by atoms with Crippen LogP contribution in [0.3, 0.4) is 0 Å². The maximum atomic E-state index is 12.0. The molecule has 2 rings (SSSR count). The lowest BCUT2D eigenvalue weighted by atomic mass is 10.2. The highest BCUT2D eigenvalue weighted by molar-refractivity contribution is 9.10. The van der Waals surface area contributed by atoms with Crippen molar-refractivity contribution in [3.63, 3.8) is 0 Å². The molecule has 0 spiro atoms. The number of H-pyrrole nitrogens is 1. The lowest BCUT2D eigenvalue weighted by molar-refractivity contribution is 0.102. The minimum atomic E-state index is -0.146. The van der Waals surface area contributed by atoms with Crippen molar-refractivity contribution in [2.24, 2.45) is 0 Å². The van der Waals surface area contributed by atoms with Crippen LogP contribution in [0.25, 0.3) is 0 Å². The van der Waals surface area contributed by atoms with E-state index < -0.39 is 0 Å². The van der Waals surface area contributed by atoms with Crippen LogP contribution >= 0.6 is 15.9 Å². The van der Waals surface area contributed by atoms with Gasteiger partial charge in [-0.2, -0.15) is 0 Å². The molecule has 19 heavy (non-hydrogen) atoms. The molecule has 100 valence electrons. The van der Waals surface area contributed by atoms with Gasteiger partial charge in [-0.3, -0.25) is 4.79 Å². The van der Waals surface area contributed by atoms with Gasteiger partial charge < -0.3 is 15.2 Å². The molecule has 1 aromatic carbocycles. The van der Waals surface area contributed by atoms with Gasteiger partial charge in [-0.25, -0.2) is 0 Å². The molecule has 0 radical (unpaired) electrons. The van der Waals surface area contributed by atoms with Gasteiger partial charge in [-0.15, -0.1) is 0 Å². The van der Waals surface area contributed by atoms with Crippen LogP contribution < -0.4 is 5.32 Å². The third-order valence-corrected chi connectivity index (χ3v) is 3.03. The molecule has 0 bridgehead atoms. The van der Waals surface area contributed by atoms with Crippen LogP contribution in [0.1, 0.15) is 16.1 Å². The Balaban J connectivity index is 2.08. The van der Waals surface area contributed by atoms with E-state index in [4.69, 9.17) is 0 Å². The van der Waals surface area contributed by atoms with E-state index in [0.717, 1.165) is 22.3 Å². The van der Waals surface area contributed by atoms with Crippen molar-refractivity contribution in [3.05, 3.63) is 52.3 Å². The Labute approximate surface area is 120 Å². The van der Waals surface area contributed by atoms with Crippen LogP contribution in [0, 0.1) is 0 Å². The first-order valence-corrected chi connectivity index (χ1v) is 6.73. The first-order valence-electron chi connectivity index (χ1n) is 5.93. The minimum Gasteiger partial charge on any atom is -0.356 e. The molecule has 0 atom stereocenters. The Bertz CT molecular complexity index is 578. The second-order valence-corrected chi connectivity index (χ2v) is 5.54. The Morgan fingerprint density at radius 3 is 2.79 bits per heavy atom. The lowest BCUT2D eigenvalue weighted by Crippen LogP contribution is -2.13. The smallest absolute Gasteiger partial charge is 0.272 e. The van der Waals surface area contributed by atoms with E-state index in [9.17, 15) is 4.79 Å². The zero-order valence-corrected chi connectivity index (χ0v) is 12.5. The number of aromatic amines is 1. The summed E-state index contributed by atoms with van der Waals surface area (Å²) in [5.41, 5.74) is 2.50. The van der Waals surface area contributed by atoms with Crippen LogP contribution in [0.4, 0.5) is 5.69 Å². The summed E-state index contributed by atoms with van der Waals surface area (Å²) in [6.07, 6.45) is 1.73. The van der Waals surface area contributed by atoms with Gasteiger partial charge in [0.2, 0.25) is 0 Å². The summed E-state index contributed by atoms with van der Waals surface area (Å²) < 4.78 is 0.860. The number of aromatic nitrogens is 1. The molecule has 0 saturated carbocycles. The summed E-state index contributed by atoms with van der Waals surface area (Å²) in [4.78, 5) is 17.0. The molecular weight excluding hydrogens is 306 g/mol. The Morgan fingerprint density at radius 1 is 1.37 bits per heavy atom. The number of nitrogens with one attached hydrogen (secondary N) is 2. The lowest BCUT2D eigenvalue weighted by Gasteiger charge is -2.11. The fraction of sp³-hybridized carbons (Fsp3) is 0.214. The van der Waals surface area contributed by atoms with Crippen LogP contribution in [-0.4, -0.2) is 29.9 Å². The van der Waals surface area contributed by atoms with Crippen LogP contribution in [-0.2, 0) is 6.54 Å². The number of hydrogen-bond acceptors (Lipinski definition) is 2. The highest BCUT2D eigenvalue weighted by Crippen LogP contribution is 2.15. The summed E-state index contributed by atoms with van der Waals surface area (Å²) in [7, 11) is 4.03. The second kappa shape index (κ2) is 6.04. The summed E-state index contributed by atoms with van der Waals surface area (Å²) in [6, 6.07) is 9.60. The molecule has 0 unspecified atom stereocenters. The number of nitrogens with zero attached hydrogens (tertiary/aromatic N) is 1. The fourth-order valence-corrected chi connectivity index (χ4v) is 2.15. The van der Waals surface area contributed by atoms with E-state index in [1.807, 2.05) is 38.4 Å². The Hall–Kier alpha value is -1.59. The van der Waals surface area contributed by atoms with Gasteiger partial charge >= 0.3 is 0 Å². The van der Waals surface area contributed by atoms with Crippen LogP contribution in [0.5, 0.6) is 0 Å². The molecule has 1 amide bonds. The SMILES string of the molecule is CN(C)Cc1cccc(NC(=O)c2cc(Br)c[nH]2)c1. The van der Waals surface area contributed by atoms with Gasteiger partial charge in [0, 0.05) is 22.9 Å². The molecule has 0 saturated heterocycles. The number of amides is 1. The van der Waals surface area contributed by atoms with Crippen molar-refractivity contribution in [2.75, 3.05) is 19.4 Å². The first kappa shape index (κ1) is 13.8. The van der Waals surface area contributed by atoms with Gasteiger partial charge in [0.15, 0.2) is 0 Å². The van der Waals surface area contributed by atoms with Crippen molar-refractivity contribution in [2.45, 2.75) is 6.54 Å². The average molecular weight is 322 g/mol. The molecule has 5 heteroatoms. The number of carbonyl (C=O) groups is 1.